The Bertz CT molecular complexity index is 778. The summed E-state index contributed by atoms with van der Waals surface area (Å²) in [7, 11) is 0. The summed E-state index contributed by atoms with van der Waals surface area (Å²) in [6.45, 7) is 6.97. The molecule has 1 aromatic heterocycles. The first-order chi connectivity index (χ1) is 12.0. The summed E-state index contributed by atoms with van der Waals surface area (Å²) in [5.74, 6) is 0.165. The van der Waals surface area contributed by atoms with Gasteiger partial charge in [0.05, 0.1) is 12.0 Å². The maximum absolute atomic E-state index is 12.5. The molecule has 1 amide bonds. The average Bonchev–Trinajstić information content (AvgIpc) is 2.64. The van der Waals surface area contributed by atoms with Gasteiger partial charge in [0, 0.05) is 37.9 Å². The minimum atomic E-state index is -0.171. The topological polar surface area (TPSA) is 58.4 Å². The van der Waals surface area contributed by atoms with Crippen molar-refractivity contribution in [1.29, 1.82) is 0 Å². The highest BCUT2D eigenvalue weighted by atomic mass is 16.2. The van der Waals surface area contributed by atoms with Crippen LogP contribution in [0.1, 0.15) is 25.5 Å². The number of carbonyl (C=O) groups is 1. The summed E-state index contributed by atoms with van der Waals surface area (Å²) in [6, 6.07) is 11.7. The molecular weight excluding hydrogens is 316 g/mol. The third-order valence-electron chi connectivity index (χ3n) is 4.55. The normalized spacial score (nSPS) is 14.8. The molecule has 6 heteroatoms. The van der Waals surface area contributed by atoms with Gasteiger partial charge in [-0.3, -0.25) is 14.2 Å². The van der Waals surface area contributed by atoms with Gasteiger partial charge in [-0.1, -0.05) is 32.0 Å². The van der Waals surface area contributed by atoms with E-state index in [1.54, 1.807) is 0 Å². The summed E-state index contributed by atoms with van der Waals surface area (Å²) in [5.41, 5.74) is 1.76. The molecule has 25 heavy (non-hydrogen) atoms. The molecule has 0 N–H and O–H groups in total. The molecule has 0 atom stereocenters. The van der Waals surface area contributed by atoms with Gasteiger partial charge < -0.3 is 9.80 Å². The number of hydrogen-bond acceptors (Lipinski definition) is 4. The molecule has 2 aromatic rings. The maximum Gasteiger partial charge on any atom is 0.254 e. The fourth-order valence-corrected chi connectivity index (χ4v) is 2.97. The Morgan fingerprint density at radius 2 is 1.80 bits per heavy atom. The van der Waals surface area contributed by atoms with E-state index in [1.165, 1.54) is 22.6 Å². The number of rotatable bonds is 4. The summed E-state index contributed by atoms with van der Waals surface area (Å²) >= 11 is 0. The molecule has 0 unspecified atom stereocenters. The molecule has 6 nitrogen and oxygen atoms in total. The number of amides is 1. The van der Waals surface area contributed by atoms with Crippen molar-refractivity contribution in [1.82, 2.24) is 14.5 Å². The van der Waals surface area contributed by atoms with Crippen LogP contribution in [0, 0.1) is 0 Å². The van der Waals surface area contributed by atoms with Crippen molar-refractivity contribution in [2.24, 2.45) is 0 Å². The zero-order valence-electron chi connectivity index (χ0n) is 14.8. The van der Waals surface area contributed by atoms with E-state index < -0.39 is 0 Å². The van der Waals surface area contributed by atoms with E-state index >= 15 is 0 Å². The Morgan fingerprint density at radius 3 is 2.40 bits per heavy atom. The van der Waals surface area contributed by atoms with E-state index in [1.807, 2.05) is 36.9 Å². The van der Waals surface area contributed by atoms with Crippen LogP contribution in [0.5, 0.6) is 0 Å². The zero-order chi connectivity index (χ0) is 17.8. The van der Waals surface area contributed by atoms with E-state index in [-0.39, 0.29) is 23.9 Å². The molecule has 1 aliphatic rings. The van der Waals surface area contributed by atoms with Crippen molar-refractivity contribution < 1.29 is 4.79 Å². The quantitative estimate of drug-likeness (QED) is 0.850. The van der Waals surface area contributed by atoms with Crippen LogP contribution in [0.4, 0.5) is 5.69 Å². The van der Waals surface area contributed by atoms with Gasteiger partial charge in [0.25, 0.3) is 5.56 Å². The molecule has 1 aromatic carbocycles. The predicted octanol–water partition coefficient (Wildman–Crippen LogP) is 1.72. The first kappa shape index (κ1) is 17.2. The van der Waals surface area contributed by atoms with Crippen LogP contribution >= 0.6 is 0 Å². The van der Waals surface area contributed by atoms with E-state index in [0.717, 1.165) is 18.8 Å². The fourth-order valence-electron chi connectivity index (χ4n) is 2.97. The van der Waals surface area contributed by atoms with Crippen molar-refractivity contribution in [2.75, 3.05) is 31.1 Å². The van der Waals surface area contributed by atoms with Crippen molar-refractivity contribution >= 4 is 11.6 Å². The van der Waals surface area contributed by atoms with Crippen LogP contribution in [0.3, 0.4) is 0 Å². The third-order valence-corrected chi connectivity index (χ3v) is 4.55. The van der Waals surface area contributed by atoms with Crippen LogP contribution < -0.4 is 10.5 Å². The Morgan fingerprint density at radius 1 is 1.12 bits per heavy atom. The molecule has 0 bridgehead atoms. The van der Waals surface area contributed by atoms with Crippen molar-refractivity contribution in [3.63, 3.8) is 0 Å². The Kier molecular flexibility index (Phi) is 5.16. The number of nitrogens with zero attached hydrogens (tertiary/aromatic N) is 4. The number of carbonyl (C=O) groups excluding carboxylic acids is 1. The predicted molar refractivity (Wildman–Crippen MR) is 97.8 cm³/mol. The monoisotopic (exact) mass is 340 g/mol. The average molecular weight is 340 g/mol. The number of aromatic nitrogens is 2. The standard InChI is InChI=1S/C19H24N4O2/c1-15(2)17-12-18(24)23(14-20-17)13-19(25)22-10-8-21(9-11-22)16-6-4-3-5-7-16/h3-7,12,14-15H,8-11,13H2,1-2H3. The van der Waals surface area contributed by atoms with Gasteiger partial charge >= 0.3 is 0 Å². The summed E-state index contributed by atoms with van der Waals surface area (Å²) in [4.78, 5) is 33.0. The summed E-state index contributed by atoms with van der Waals surface area (Å²) < 4.78 is 1.39. The summed E-state index contributed by atoms with van der Waals surface area (Å²) in [6.07, 6.45) is 1.48. The van der Waals surface area contributed by atoms with Gasteiger partial charge in [-0.2, -0.15) is 0 Å². The highest BCUT2D eigenvalue weighted by molar-refractivity contribution is 5.76. The van der Waals surface area contributed by atoms with Gasteiger partial charge in [0.2, 0.25) is 5.91 Å². The number of hydrogen-bond donors (Lipinski definition) is 0. The Labute approximate surface area is 147 Å². The minimum Gasteiger partial charge on any atom is -0.368 e. The first-order valence-corrected chi connectivity index (χ1v) is 8.69. The van der Waals surface area contributed by atoms with Crippen molar-refractivity contribution in [2.45, 2.75) is 26.3 Å². The summed E-state index contributed by atoms with van der Waals surface area (Å²) in [5, 5.41) is 0. The molecule has 0 saturated carbocycles. The second kappa shape index (κ2) is 7.51. The van der Waals surface area contributed by atoms with Crippen LogP contribution in [0.15, 0.2) is 47.5 Å². The van der Waals surface area contributed by atoms with Gasteiger partial charge in [-0.15, -0.1) is 0 Å². The first-order valence-electron chi connectivity index (χ1n) is 8.69. The number of anilines is 1. The molecule has 1 fully saturated rings. The van der Waals surface area contributed by atoms with E-state index in [4.69, 9.17) is 0 Å². The molecule has 0 spiro atoms. The largest absolute Gasteiger partial charge is 0.368 e. The lowest BCUT2D eigenvalue weighted by Crippen LogP contribution is -2.50. The molecule has 2 heterocycles. The van der Waals surface area contributed by atoms with Crippen molar-refractivity contribution in [3.8, 4) is 0 Å². The van der Waals surface area contributed by atoms with Gasteiger partial charge in [0.1, 0.15) is 6.54 Å². The molecule has 132 valence electrons. The lowest BCUT2D eigenvalue weighted by atomic mass is 10.1. The number of benzene rings is 1. The van der Waals surface area contributed by atoms with Gasteiger partial charge in [0.15, 0.2) is 0 Å². The van der Waals surface area contributed by atoms with E-state index in [0.29, 0.717) is 13.1 Å². The third kappa shape index (κ3) is 4.07. The fraction of sp³-hybridized carbons (Fsp3) is 0.421. The molecule has 3 rings (SSSR count). The van der Waals surface area contributed by atoms with Crippen LogP contribution in [-0.4, -0.2) is 46.5 Å². The van der Waals surface area contributed by atoms with Gasteiger partial charge in [-0.05, 0) is 18.1 Å². The highest BCUT2D eigenvalue weighted by Crippen LogP contribution is 2.15. The maximum atomic E-state index is 12.5. The van der Waals surface area contributed by atoms with Crippen LogP contribution in [0.2, 0.25) is 0 Å². The molecule has 1 saturated heterocycles. The molecular formula is C19H24N4O2. The Balaban J connectivity index is 1.59. The minimum absolute atomic E-state index is 0.0334. The second-order valence-electron chi connectivity index (χ2n) is 6.64. The number of piperazine rings is 1. The smallest absolute Gasteiger partial charge is 0.254 e. The SMILES string of the molecule is CC(C)c1cc(=O)n(CC(=O)N2CCN(c3ccccc3)CC2)cn1. The Hall–Kier alpha value is -2.63. The molecule has 1 aliphatic heterocycles. The van der Waals surface area contributed by atoms with E-state index in [2.05, 4.69) is 22.0 Å². The van der Waals surface area contributed by atoms with Crippen LogP contribution in [-0.2, 0) is 11.3 Å². The molecule has 0 aliphatic carbocycles. The lowest BCUT2D eigenvalue weighted by Gasteiger charge is -2.36. The lowest BCUT2D eigenvalue weighted by molar-refractivity contribution is -0.132. The van der Waals surface area contributed by atoms with Crippen molar-refractivity contribution in [3.05, 3.63) is 58.8 Å². The molecule has 0 radical (unpaired) electrons. The van der Waals surface area contributed by atoms with E-state index in [9.17, 15) is 9.59 Å². The second-order valence-corrected chi connectivity index (χ2v) is 6.64. The highest BCUT2D eigenvalue weighted by Gasteiger charge is 2.21. The van der Waals surface area contributed by atoms with Gasteiger partial charge in [-0.25, -0.2) is 4.98 Å². The van der Waals surface area contributed by atoms with Crippen LogP contribution in [0.25, 0.3) is 0 Å². The zero-order valence-corrected chi connectivity index (χ0v) is 14.8. The number of para-hydroxylation sites is 1.